The first-order valence-corrected chi connectivity index (χ1v) is 9.09. The van der Waals surface area contributed by atoms with Gasteiger partial charge in [-0.2, -0.15) is 4.99 Å². The Kier molecular flexibility index (Phi) is 5.57. The molecule has 5 nitrogen and oxygen atoms in total. The molecule has 0 bridgehead atoms. The molecule has 0 saturated heterocycles. The Balaban J connectivity index is 1.82. The molecular formula is C21H18N2O3S. The molecule has 0 aromatic heterocycles. The van der Waals surface area contributed by atoms with Gasteiger partial charge in [0.1, 0.15) is 0 Å². The van der Waals surface area contributed by atoms with Crippen LogP contribution in [0.4, 0.5) is 5.69 Å². The second-order valence-electron chi connectivity index (χ2n) is 5.99. The number of amidine groups is 1. The number of rotatable bonds is 4. The third-order valence-electron chi connectivity index (χ3n) is 3.94. The summed E-state index contributed by atoms with van der Waals surface area (Å²) >= 11 is 1.23. The first-order valence-electron chi connectivity index (χ1n) is 8.27. The van der Waals surface area contributed by atoms with Crippen LogP contribution in [0.3, 0.4) is 0 Å². The van der Waals surface area contributed by atoms with Crippen LogP contribution in [0, 0.1) is 0 Å². The van der Waals surface area contributed by atoms with E-state index in [0.29, 0.717) is 15.8 Å². The maximum Gasteiger partial charge on any atom is 0.337 e. The molecule has 136 valence electrons. The van der Waals surface area contributed by atoms with E-state index in [0.717, 1.165) is 11.1 Å². The molecule has 1 N–H and O–H groups in total. The number of thioether (sulfide) groups is 1. The van der Waals surface area contributed by atoms with Gasteiger partial charge in [0.25, 0.3) is 5.91 Å². The van der Waals surface area contributed by atoms with Gasteiger partial charge < -0.3 is 10.0 Å². The number of nitrogens with zero attached hydrogens (tertiary/aromatic N) is 2. The van der Waals surface area contributed by atoms with E-state index in [1.807, 2.05) is 43.3 Å². The van der Waals surface area contributed by atoms with E-state index in [4.69, 9.17) is 0 Å². The number of carboxylic acids is 1. The summed E-state index contributed by atoms with van der Waals surface area (Å²) in [6.45, 7) is 1.93. The van der Waals surface area contributed by atoms with Gasteiger partial charge in [0.2, 0.25) is 0 Å². The molecule has 2 aromatic rings. The summed E-state index contributed by atoms with van der Waals surface area (Å²) in [4.78, 5) is 29.9. The molecule has 0 atom stereocenters. The van der Waals surface area contributed by atoms with Crippen molar-refractivity contribution >= 4 is 40.6 Å². The Morgan fingerprint density at radius 1 is 1.11 bits per heavy atom. The average molecular weight is 378 g/mol. The summed E-state index contributed by atoms with van der Waals surface area (Å²) < 4.78 is 0. The Hall–Kier alpha value is -3.12. The van der Waals surface area contributed by atoms with E-state index in [9.17, 15) is 14.7 Å². The molecule has 0 spiro atoms. The number of para-hydroxylation sites is 1. The van der Waals surface area contributed by atoms with Crippen molar-refractivity contribution in [3.63, 3.8) is 0 Å². The van der Waals surface area contributed by atoms with Crippen LogP contribution in [0.25, 0.3) is 6.08 Å². The highest BCUT2D eigenvalue weighted by Crippen LogP contribution is 2.32. The molecule has 0 fully saturated rings. The number of carbonyl (C=O) groups excluding carboxylic acids is 1. The van der Waals surface area contributed by atoms with E-state index in [1.165, 1.54) is 17.8 Å². The van der Waals surface area contributed by atoms with Crippen molar-refractivity contribution in [3.8, 4) is 0 Å². The van der Waals surface area contributed by atoms with Gasteiger partial charge in [-0.3, -0.25) is 4.79 Å². The monoisotopic (exact) mass is 378 g/mol. The van der Waals surface area contributed by atoms with Crippen LogP contribution < -0.4 is 4.90 Å². The lowest BCUT2D eigenvalue weighted by Crippen LogP contribution is -2.24. The smallest absolute Gasteiger partial charge is 0.337 e. The van der Waals surface area contributed by atoms with Crippen LogP contribution in [-0.2, 0) is 4.79 Å². The fourth-order valence-electron chi connectivity index (χ4n) is 2.65. The topological polar surface area (TPSA) is 70.0 Å². The predicted octanol–water partition coefficient (Wildman–Crippen LogP) is 4.44. The Morgan fingerprint density at radius 2 is 1.78 bits per heavy atom. The normalized spacial score (nSPS) is 15.8. The lowest BCUT2D eigenvalue weighted by Gasteiger charge is -2.19. The van der Waals surface area contributed by atoms with Crippen LogP contribution in [0.1, 0.15) is 22.8 Å². The van der Waals surface area contributed by atoms with Crippen molar-refractivity contribution < 1.29 is 14.7 Å². The van der Waals surface area contributed by atoms with Gasteiger partial charge in [-0.1, -0.05) is 48.5 Å². The zero-order valence-electron chi connectivity index (χ0n) is 14.9. The minimum absolute atomic E-state index is 0.160. The lowest BCUT2D eigenvalue weighted by molar-refractivity contribution is -0.113. The molecule has 0 radical (unpaired) electrons. The lowest BCUT2D eigenvalue weighted by atomic mass is 10.1. The van der Waals surface area contributed by atoms with Crippen molar-refractivity contribution in [2.45, 2.75) is 6.92 Å². The number of amides is 1. The van der Waals surface area contributed by atoms with E-state index in [-0.39, 0.29) is 11.5 Å². The number of hydrogen-bond acceptors (Lipinski definition) is 4. The van der Waals surface area contributed by atoms with Gasteiger partial charge >= 0.3 is 5.97 Å². The number of aliphatic imine (C=N–C) groups is 1. The van der Waals surface area contributed by atoms with Crippen molar-refractivity contribution in [3.05, 3.63) is 82.3 Å². The van der Waals surface area contributed by atoms with Crippen LogP contribution in [0.15, 0.2) is 76.1 Å². The second-order valence-corrected chi connectivity index (χ2v) is 7.00. The number of hydrogen-bond donors (Lipinski definition) is 1. The summed E-state index contributed by atoms with van der Waals surface area (Å²) in [6, 6.07) is 16.5. The summed E-state index contributed by atoms with van der Waals surface area (Å²) in [6.07, 6.45) is 3.79. The molecule has 1 aliphatic rings. The van der Waals surface area contributed by atoms with Gasteiger partial charge in [-0.15, -0.1) is 0 Å². The number of carbonyl (C=O) groups is 2. The fraction of sp³-hybridized carbons (Fsp3) is 0.0952. The van der Waals surface area contributed by atoms with Crippen LogP contribution in [0.2, 0.25) is 0 Å². The van der Waals surface area contributed by atoms with Gasteiger partial charge in [-0.05, 0) is 48.0 Å². The van der Waals surface area contributed by atoms with E-state index < -0.39 is 5.97 Å². The molecule has 0 saturated carbocycles. The molecule has 1 heterocycles. The number of benzene rings is 2. The van der Waals surface area contributed by atoms with Gasteiger partial charge in [0.05, 0.1) is 16.2 Å². The Labute approximate surface area is 161 Å². The standard InChI is InChI=1S/C21H18N2O3S/c1-14(12-15-8-4-3-5-9-15)13-18-19(24)22-21(27-18)23(2)17-11-7-6-10-16(17)20(25)26/h3-13H,1-2H3,(H,25,26)/b14-12+,18-13-. The SMILES string of the molecule is CC(/C=C1\SC(N(C)c2ccccc2C(=O)O)=NC1=O)=C\c1ccccc1. The minimum atomic E-state index is -1.02. The third-order valence-corrected chi connectivity index (χ3v) is 5.00. The third kappa shape index (κ3) is 4.35. The van der Waals surface area contributed by atoms with Crippen molar-refractivity contribution in [2.24, 2.45) is 4.99 Å². The summed E-state index contributed by atoms with van der Waals surface area (Å²) in [5, 5.41) is 9.81. The fourth-order valence-corrected chi connectivity index (χ4v) is 3.59. The van der Waals surface area contributed by atoms with Crippen LogP contribution in [-0.4, -0.2) is 29.2 Å². The molecule has 2 aromatic carbocycles. The summed E-state index contributed by atoms with van der Waals surface area (Å²) in [5.41, 5.74) is 2.63. The van der Waals surface area contributed by atoms with Crippen molar-refractivity contribution in [1.82, 2.24) is 0 Å². The minimum Gasteiger partial charge on any atom is -0.478 e. The van der Waals surface area contributed by atoms with E-state index in [2.05, 4.69) is 4.99 Å². The highest BCUT2D eigenvalue weighted by molar-refractivity contribution is 8.18. The Morgan fingerprint density at radius 3 is 2.48 bits per heavy atom. The maximum atomic E-state index is 12.3. The van der Waals surface area contributed by atoms with Crippen molar-refractivity contribution in [2.75, 3.05) is 11.9 Å². The second kappa shape index (κ2) is 8.05. The first kappa shape index (κ1) is 18.7. The molecule has 0 unspecified atom stereocenters. The molecule has 27 heavy (non-hydrogen) atoms. The quantitative estimate of drug-likeness (QED) is 0.797. The number of aromatic carboxylic acids is 1. The Bertz CT molecular complexity index is 978. The maximum absolute atomic E-state index is 12.3. The van der Waals surface area contributed by atoms with Crippen LogP contribution >= 0.6 is 11.8 Å². The van der Waals surface area contributed by atoms with Gasteiger partial charge in [-0.25, -0.2) is 4.79 Å². The average Bonchev–Trinajstić information content (AvgIpc) is 3.02. The molecule has 1 aliphatic heterocycles. The molecule has 1 amide bonds. The van der Waals surface area contributed by atoms with E-state index in [1.54, 1.807) is 36.2 Å². The molecule has 0 aliphatic carbocycles. The highest BCUT2D eigenvalue weighted by atomic mass is 32.2. The highest BCUT2D eigenvalue weighted by Gasteiger charge is 2.26. The largest absolute Gasteiger partial charge is 0.478 e. The van der Waals surface area contributed by atoms with Crippen LogP contribution in [0.5, 0.6) is 0 Å². The van der Waals surface area contributed by atoms with E-state index >= 15 is 0 Å². The molecule has 6 heteroatoms. The summed E-state index contributed by atoms with van der Waals surface area (Å²) in [5.74, 6) is -1.35. The van der Waals surface area contributed by atoms with Gasteiger partial charge in [0.15, 0.2) is 5.17 Å². The predicted molar refractivity (Wildman–Crippen MR) is 110 cm³/mol. The number of carboxylic acid groups (broad SMARTS) is 1. The van der Waals surface area contributed by atoms with Gasteiger partial charge in [0, 0.05) is 7.05 Å². The summed E-state index contributed by atoms with van der Waals surface area (Å²) in [7, 11) is 1.70. The number of anilines is 1. The first-order chi connectivity index (χ1) is 13.0. The molecular weight excluding hydrogens is 360 g/mol. The zero-order valence-corrected chi connectivity index (χ0v) is 15.7. The number of allylic oxidation sites excluding steroid dienone is 2. The van der Waals surface area contributed by atoms with Crippen molar-refractivity contribution in [1.29, 1.82) is 0 Å². The zero-order chi connectivity index (χ0) is 19.4. The molecule has 3 rings (SSSR count).